The van der Waals surface area contributed by atoms with E-state index in [1.165, 1.54) is 6.33 Å². The van der Waals surface area contributed by atoms with E-state index in [0.717, 1.165) is 17.0 Å². The van der Waals surface area contributed by atoms with Crippen LogP contribution in [0.4, 0.5) is 0 Å². The van der Waals surface area contributed by atoms with Crippen molar-refractivity contribution in [2.75, 3.05) is 6.61 Å². The molecule has 18 heavy (non-hydrogen) atoms. The molecule has 0 unspecified atom stereocenters. The van der Waals surface area contributed by atoms with Crippen molar-refractivity contribution >= 4 is 5.78 Å². The van der Waals surface area contributed by atoms with Gasteiger partial charge in [0.05, 0.1) is 12.3 Å². The van der Waals surface area contributed by atoms with Gasteiger partial charge >= 0.3 is 0 Å². The maximum absolute atomic E-state index is 5.42. The van der Waals surface area contributed by atoms with Crippen molar-refractivity contribution in [3.8, 4) is 17.0 Å². The second-order valence-corrected chi connectivity index (χ2v) is 3.76. The van der Waals surface area contributed by atoms with Crippen molar-refractivity contribution in [3.63, 3.8) is 0 Å². The second-order valence-electron chi connectivity index (χ2n) is 3.76. The average molecular weight is 240 g/mol. The predicted octanol–water partition coefficient (Wildman–Crippen LogP) is 2.19. The first-order chi connectivity index (χ1) is 8.88. The molecule has 0 radical (unpaired) electrons. The summed E-state index contributed by atoms with van der Waals surface area (Å²) in [6, 6.07) is 9.81. The predicted molar refractivity (Wildman–Crippen MR) is 67.4 cm³/mol. The minimum atomic E-state index is 0.599. The van der Waals surface area contributed by atoms with Gasteiger partial charge in [-0.15, -0.1) is 0 Å². The van der Waals surface area contributed by atoms with Crippen LogP contribution in [-0.2, 0) is 0 Å². The van der Waals surface area contributed by atoms with E-state index in [9.17, 15) is 0 Å². The van der Waals surface area contributed by atoms with Crippen LogP contribution in [0.25, 0.3) is 17.0 Å². The van der Waals surface area contributed by atoms with Gasteiger partial charge in [-0.05, 0) is 37.3 Å². The van der Waals surface area contributed by atoms with Crippen LogP contribution in [0.15, 0.2) is 42.9 Å². The van der Waals surface area contributed by atoms with E-state index in [1.54, 1.807) is 10.7 Å². The number of rotatable bonds is 3. The lowest BCUT2D eigenvalue weighted by atomic mass is 10.1. The van der Waals surface area contributed by atoms with Crippen LogP contribution in [0.2, 0.25) is 0 Å². The van der Waals surface area contributed by atoms with Crippen LogP contribution in [0.3, 0.4) is 0 Å². The van der Waals surface area contributed by atoms with E-state index < -0.39 is 0 Å². The van der Waals surface area contributed by atoms with E-state index in [4.69, 9.17) is 4.74 Å². The lowest BCUT2D eigenvalue weighted by molar-refractivity contribution is 0.340. The molecule has 90 valence electrons. The monoisotopic (exact) mass is 240 g/mol. The Bertz CT molecular complexity index is 660. The Balaban J connectivity index is 2.06. The number of nitrogens with zero attached hydrogens (tertiary/aromatic N) is 4. The molecule has 2 aromatic heterocycles. The Kier molecular flexibility index (Phi) is 2.64. The summed E-state index contributed by atoms with van der Waals surface area (Å²) in [5.74, 6) is 1.46. The van der Waals surface area contributed by atoms with Crippen molar-refractivity contribution in [1.29, 1.82) is 0 Å². The Morgan fingerprint density at radius 3 is 2.72 bits per heavy atom. The fourth-order valence-electron chi connectivity index (χ4n) is 1.85. The van der Waals surface area contributed by atoms with Crippen molar-refractivity contribution in [2.24, 2.45) is 0 Å². The summed E-state index contributed by atoms with van der Waals surface area (Å²) in [5, 5.41) is 4.17. The summed E-state index contributed by atoms with van der Waals surface area (Å²) in [6.07, 6.45) is 3.23. The molecule has 0 atom stereocenters. The first-order valence-corrected chi connectivity index (χ1v) is 5.76. The average Bonchev–Trinajstić information content (AvgIpc) is 2.88. The van der Waals surface area contributed by atoms with Crippen LogP contribution < -0.4 is 4.74 Å². The van der Waals surface area contributed by atoms with Crippen LogP contribution >= 0.6 is 0 Å². The highest BCUT2D eigenvalue weighted by molar-refractivity contribution is 5.62. The highest BCUT2D eigenvalue weighted by Crippen LogP contribution is 2.21. The molecule has 3 aromatic rings. The quantitative estimate of drug-likeness (QED) is 0.704. The lowest BCUT2D eigenvalue weighted by Crippen LogP contribution is -1.96. The molecule has 0 N–H and O–H groups in total. The zero-order valence-electron chi connectivity index (χ0n) is 9.95. The molecule has 5 heteroatoms. The van der Waals surface area contributed by atoms with Crippen molar-refractivity contribution in [1.82, 2.24) is 19.6 Å². The molecule has 3 rings (SSSR count). The lowest BCUT2D eigenvalue weighted by Gasteiger charge is -2.06. The van der Waals surface area contributed by atoms with Crippen LogP contribution in [0.5, 0.6) is 5.75 Å². The van der Waals surface area contributed by atoms with Gasteiger partial charge in [0.1, 0.15) is 12.1 Å². The molecule has 5 nitrogen and oxygen atoms in total. The Hall–Kier alpha value is -2.43. The second kappa shape index (κ2) is 4.44. The third-order valence-electron chi connectivity index (χ3n) is 2.64. The highest BCUT2D eigenvalue weighted by atomic mass is 16.5. The molecular weight excluding hydrogens is 228 g/mol. The Morgan fingerprint density at radius 1 is 1.11 bits per heavy atom. The molecule has 0 saturated heterocycles. The largest absolute Gasteiger partial charge is 0.494 e. The summed E-state index contributed by atoms with van der Waals surface area (Å²) in [6.45, 7) is 2.64. The summed E-state index contributed by atoms with van der Waals surface area (Å²) in [4.78, 5) is 8.21. The maximum Gasteiger partial charge on any atom is 0.252 e. The van der Waals surface area contributed by atoms with Gasteiger partial charge in [-0.25, -0.2) is 4.98 Å². The zero-order valence-corrected chi connectivity index (χ0v) is 9.95. The van der Waals surface area contributed by atoms with E-state index in [0.29, 0.717) is 12.4 Å². The molecule has 2 heterocycles. The molecule has 1 aromatic carbocycles. The highest BCUT2D eigenvalue weighted by Gasteiger charge is 2.05. The van der Waals surface area contributed by atoms with Crippen LogP contribution in [0.1, 0.15) is 6.92 Å². The number of benzene rings is 1. The van der Waals surface area contributed by atoms with Gasteiger partial charge in [-0.2, -0.15) is 14.6 Å². The molecule has 0 amide bonds. The van der Waals surface area contributed by atoms with E-state index in [1.807, 2.05) is 37.3 Å². The summed E-state index contributed by atoms with van der Waals surface area (Å²) in [7, 11) is 0. The molecule has 0 aliphatic carbocycles. The summed E-state index contributed by atoms with van der Waals surface area (Å²) in [5.41, 5.74) is 2.01. The SMILES string of the molecule is CCOc1ccc(-c2ccnc3ncnn23)cc1. The van der Waals surface area contributed by atoms with Crippen molar-refractivity contribution in [3.05, 3.63) is 42.9 Å². The van der Waals surface area contributed by atoms with Gasteiger partial charge in [0.25, 0.3) is 5.78 Å². The fourth-order valence-corrected chi connectivity index (χ4v) is 1.85. The number of hydrogen-bond donors (Lipinski definition) is 0. The van der Waals surface area contributed by atoms with Crippen molar-refractivity contribution < 1.29 is 4.74 Å². The van der Waals surface area contributed by atoms with Gasteiger partial charge in [0, 0.05) is 11.8 Å². The summed E-state index contributed by atoms with van der Waals surface area (Å²) >= 11 is 0. The topological polar surface area (TPSA) is 52.3 Å². The van der Waals surface area contributed by atoms with Crippen LogP contribution in [0, 0.1) is 0 Å². The fraction of sp³-hybridized carbons (Fsp3) is 0.154. The smallest absolute Gasteiger partial charge is 0.252 e. The molecular formula is C13H12N4O. The Labute approximate surface area is 104 Å². The minimum absolute atomic E-state index is 0.599. The van der Waals surface area contributed by atoms with Gasteiger partial charge in [-0.3, -0.25) is 0 Å². The van der Waals surface area contributed by atoms with Crippen molar-refractivity contribution in [2.45, 2.75) is 6.92 Å². The summed E-state index contributed by atoms with van der Waals surface area (Å²) < 4.78 is 7.14. The van der Waals surface area contributed by atoms with Gasteiger partial charge < -0.3 is 4.74 Å². The number of ether oxygens (including phenoxy) is 1. The molecule has 0 saturated carbocycles. The number of fused-ring (bicyclic) bond motifs is 1. The molecule has 0 fully saturated rings. The Morgan fingerprint density at radius 2 is 1.94 bits per heavy atom. The molecule has 0 spiro atoms. The molecule has 0 aliphatic rings. The minimum Gasteiger partial charge on any atom is -0.494 e. The van der Waals surface area contributed by atoms with Crippen LogP contribution in [-0.4, -0.2) is 26.2 Å². The normalized spacial score (nSPS) is 10.7. The van der Waals surface area contributed by atoms with Gasteiger partial charge in [0.2, 0.25) is 0 Å². The first-order valence-electron chi connectivity index (χ1n) is 5.76. The van der Waals surface area contributed by atoms with E-state index in [-0.39, 0.29) is 0 Å². The number of aromatic nitrogens is 4. The van der Waals surface area contributed by atoms with Gasteiger partial charge in [0.15, 0.2) is 0 Å². The molecule has 0 bridgehead atoms. The standard InChI is InChI=1S/C13H12N4O/c1-2-18-11-5-3-10(4-6-11)12-7-8-14-13-15-9-16-17(12)13/h3-9H,2H2,1H3. The maximum atomic E-state index is 5.42. The first kappa shape index (κ1) is 10.7. The number of hydrogen-bond acceptors (Lipinski definition) is 4. The van der Waals surface area contributed by atoms with E-state index in [2.05, 4.69) is 15.1 Å². The van der Waals surface area contributed by atoms with E-state index >= 15 is 0 Å². The third-order valence-corrected chi connectivity index (χ3v) is 2.64. The zero-order chi connectivity index (χ0) is 12.4. The molecule has 0 aliphatic heterocycles. The van der Waals surface area contributed by atoms with Gasteiger partial charge in [-0.1, -0.05) is 0 Å². The third kappa shape index (κ3) is 1.79.